The van der Waals surface area contributed by atoms with E-state index in [1.165, 1.54) is 0 Å². The average molecular weight is 283 g/mol. The summed E-state index contributed by atoms with van der Waals surface area (Å²) in [5.41, 5.74) is 1.13. The number of halogens is 1. The van der Waals surface area contributed by atoms with Crippen LogP contribution in [0.3, 0.4) is 0 Å². The Kier molecular flexibility index (Phi) is 5.05. The number of benzene rings is 1. The Morgan fingerprint density at radius 3 is 3.16 bits per heavy atom. The number of ether oxygens (including phenoxy) is 1. The van der Waals surface area contributed by atoms with Gasteiger partial charge in [-0.3, -0.25) is 4.79 Å². The van der Waals surface area contributed by atoms with E-state index in [0.29, 0.717) is 13.1 Å². The zero-order chi connectivity index (χ0) is 13.7. The van der Waals surface area contributed by atoms with E-state index in [9.17, 15) is 4.79 Å². The lowest BCUT2D eigenvalue weighted by atomic mass is 10.1. The van der Waals surface area contributed by atoms with E-state index in [0.717, 1.165) is 35.7 Å². The molecule has 0 spiro atoms. The van der Waals surface area contributed by atoms with E-state index in [1.54, 1.807) is 0 Å². The highest BCUT2D eigenvalue weighted by Crippen LogP contribution is 2.30. The maximum Gasteiger partial charge on any atom is 0.233 e. The highest BCUT2D eigenvalue weighted by molar-refractivity contribution is 6.30. The highest BCUT2D eigenvalue weighted by Gasteiger charge is 2.22. The highest BCUT2D eigenvalue weighted by atomic mass is 35.5. The van der Waals surface area contributed by atoms with Gasteiger partial charge in [0, 0.05) is 24.5 Å². The summed E-state index contributed by atoms with van der Waals surface area (Å²) in [5.74, 6) is 0.923. The Hall–Kier alpha value is -1.26. The van der Waals surface area contributed by atoms with E-state index in [4.69, 9.17) is 16.3 Å². The summed E-state index contributed by atoms with van der Waals surface area (Å²) in [6.07, 6.45) is 1.86. The number of hydrogen-bond acceptors (Lipinski definition) is 3. The molecule has 0 radical (unpaired) electrons. The minimum absolute atomic E-state index is 0.0282. The molecule has 0 saturated carbocycles. The quantitative estimate of drug-likeness (QED) is 0.836. The summed E-state index contributed by atoms with van der Waals surface area (Å²) < 4.78 is 5.77. The normalized spacial score (nSPS) is 16.8. The van der Waals surface area contributed by atoms with Crippen LogP contribution in [0.5, 0.6) is 5.75 Å². The molecule has 0 aromatic heterocycles. The fourth-order valence-corrected chi connectivity index (χ4v) is 2.27. The molecule has 1 atom stereocenters. The molecule has 0 bridgehead atoms. The number of rotatable bonds is 6. The van der Waals surface area contributed by atoms with Crippen LogP contribution in [0.2, 0.25) is 5.02 Å². The van der Waals surface area contributed by atoms with E-state index in [-0.39, 0.29) is 12.0 Å². The third kappa shape index (κ3) is 4.11. The van der Waals surface area contributed by atoms with E-state index >= 15 is 0 Å². The van der Waals surface area contributed by atoms with Crippen molar-refractivity contribution in [2.45, 2.75) is 25.9 Å². The smallest absolute Gasteiger partial charge is 0.233 e. The lowest BCUT2D eigenvalue weighted by Gasteiger charge is -2.11. The van der Waals surface area contributed by atoms with Crippen molar-refractivity contribution in [2.75, 3.05) is 19.6 Å². The number of fused-ring (bicyclic) bond motifs is 1. The fourth-order valence-electron chi connectivity index (χ4n) is 2.08. The molecule has 1 aromatic carbocycles. The SMILES string of the molecule is CCCNC(=O)CNCC1Cc2cc(Cl)ccc2O1. The summed E-state index contributed by atoms with van der Waals surface area (Å²) in [7, 11) is 0. The molecule has 1 aromatic rings. The van der Waals surface area contributed by atoms with Gasteiger partial charge in [0.15, 0.2) is 0 Å². The molecule has 0 fully saturated rings. The monoisotopic (exact) mass is 282 g/mol. The molecule has 19 heavy (non-hydrogen) atoms. The summed E-state index contributed by atoms with van der Waals surface area (Å²) in [4.78, 5) is 11.4. The predicted octanol–water partition coefficient (Wildman–Crippen LogP) is 1.76. The van der Waals surface area contributed by atoms with Gasteiger partial charge in [0.05, 0.1) is 6.54 Å². The van der Waals surface area contributed by atoms with Gasteiger partial charge in [-0.2, -0.15) is 0 Å². The second-order valence-corrected chi connectivity index (χ2v) is 5.11. The van der Waals surface area contributed by atoms with Gasteiger partial charge >= 0.3 is 0 Å². The first-order valence-corrected chi connectivity index (χ1v) is 6.99. The minimum Gasteiger partial charge on any atom is -0.488 e. The molecule has 1 heterocycles. The molecule has 2 N–H and O–H groups in total. The standard InChI is InChI=1S/C14H19ClN2O2/c1-2-5-17-14(18)9-16-8-12-7-10-6-11(15)3-4-13(10)19-12/h3-4,6,12,16H,2,5,7-9H2,1H3,(H,17,18). The Balaban J connectivity index is 1.71. The van der Waals surface area contributed by atoms with Crippen molar-refractivity contribution in [3.63, 3.8) is 0 Å². The van der Waals surface area contributed by atoms with Crippen LogP contribution in [0.15, 0.2) is 18.2 Å². The fraction of sp³-hybridized carbons (Fsp3) is 0.500. The zero-order valence-electron chi connectivity index (χ0n) is 11.0. The molecule has 104 valence electrons. The van der Waals surface area contributed by atoms with E-state index in [1.807, 2.05) is 25.1 Å². The summed E-state index contributed by atoms with van der Waals surface area (Å²) >= 11 is 5.94. The van der Waals surface area contributed by atoms with Gasteiger partial charge in [0.25, 0.3) is 0 Å². The Labute approximate surface area is 118 Å². The van der Waals surface area contributed by atoms with Crippen molar-refractivity contribution < 1.29 is 9.53 Å². The lowest BCUT2D eigenvalue weighted by Crippen LogP contribution is -2.38. The van der Waals surface area contributed by atoms with Crippen molar-refractivity contribution in [3.05, 3.63) is 28.8 Å². The van der Waals surface area contributed by atoms with Gasteiger partial charge in [0.2, 0.25) is 5.91 Å². The van der Waals surface area contributed by atoms with Crippen LogP contribution in [0.25, 0.3) is 0 Å². The number of carbonyl (C=O) groups is 1. The maximum atomic E-state index is 11.4. The topological polar surface area (TPSA) is 50.4 Å². The van der Waals surface area contributed by atoms with Gasteiger partial charge in [0.1, 0.15) is 11.9 Å². The van der Waals surface area contributed by atoms with Crippen LogP contribution in [-0.2, 0) is 11.2 Å². The van der Waals surface area contributed by atoms with Crippen LogP contribution >= 0.6 is 11.6 Å². The molecule has 1 amide bonds. The summed E-state index contributed by atoms with van der Waals surface area (Å²) in [5, 5.41) is 6.67. The predicted molar refractivity (Wildman–Crippen MR) is 75.7 cm³/mol. The molecule has 5 heteroatoms. The molecule has 0 saturated heterocycles. The number of amides is 1. The van der Waals surface area contributed by atoms with Crippen molar-refractivity contribution in [1.29, 1.82) is 0 Å². The Morgan fingerprint density at radius 2 is 2.37 bits per heavy atom. The van der Waals surface area contributed by atoms with Gasteiger partial charge in [-0.1, -0.05) is 18.5 Å². The molecule has 4 nitrogen and oxygen atoms in total. The zero-order valence-corrected chi connectivity index (χ0v) is 11.8. The molecule has 1 aliphatic heterocycles. The lowest BCUT2D eigenvalue weighted by molar-refractivity contribution is -0.120. The molecular weight excluding hydrogens is 264 g/mol. The van der Waals surface area contributed by atoms with Crippen LogP contribution in [-0.4, -0.2) is 31.6 Å². The van der Waals surface area contributed by atoms with Crippen molar-refractivity contribution in [3.8, 4) is 5.75 Å². The number of carbonyl (C=O) groups excluding carboxylic acids is 1. The van der Waals surface area contributed by atoms with Crippen LogP contribution < -0.4 is 15.4 Å². The third-order valence-corrected chi connectivity index (χ3v) is 3.23. The molecule has 1 aliphatic rings. The molecular formula is C14H19ClN2O2. The largest absolute Gasteiger partial charge is 0.488 e. The van der Waals surface area contributed by atoms with Gasteiger partial charge in [-0.15, -0.1) is 0 Å². The van der Waals surface area contributed by atoms with Gasteiger partial charge in [-0.25, -0.2) is 0 Å². The first-order chi connectivity index (χ1) is 9.19. The van der Waals surface area contributed by atoms with Crippen molar-refractivity contribution in [2.24, 2.45) is 0 Å². The third-order valence-electron chi connectivity index (χ3n) is 2.99. The van der Waals surface area contributed by atoms with Gasteiger partial charge < -0.3 is 15.4 Å². The summed E-state index contributed by atoms with van der Waals surface area (Å²) in [6.45, 7) is 3.75. The second kappa shape index (κ2) is 6.78. The summed E-state index contributed by atoms with van der Waals surface area (Å²) in [6, 6.07) is 5.66. The van der Waals surface area contributed by atoms with Crippen LogP contribution in [0, 0.1) is 0 Å². The van der Waals surface area contributed by atoms with Gasteiger partial charge in [-0.05, 0) is 30.2 Å². The van der Waals surface area contributed by atoms with Crippen LogP contribution in [0.1, 0.15) is 18.9 Å². The van der Waals surface area contributed by atoms with Crippen molar-refractivity contribution >= 4 is 17.5 Å². The van der Waals surface area contributed by atoms with E-state index in [2.05, 4.69) is 10.6 Å². The Morgan fingerprint density at radius 1 is 1.53 bits per heavy atom. The number of hydrogen-bond donors (Lipinski definition) is 2. The van der Waals surface area contributed by atoms with Crippen LogP contribution in [0.4, 0.5) is 0 Å². The maximum absolute atomic E-state index is 11.4. The molecule has 1 unspecified atom stereocenters. The second-order valence-electron chi connectivity index (χ2n) is 4.68. The minimum atomic E-state index is 0.0282. The van der Waals surface area contributed by atoms with E-state index < -0.39 is 0 Å². The molecule has 2 rings (SSSR count). The first kappa shape index (κ1) is 14.2. The first-order valence-electron chi connectivity index (χ1n) is 6.61. The average Bonchev–Trinajstić information content (AvgIpc) is 2.78. The number of nitrogens with one attached hydrogen (secondary N) is 2. The Bertz CT molecular complexity index is 451. The molecule has 0 aliphatic carbocycles. The van der Waals surface area contributed by atoms with Crippen molar-refractivity contribution in [1.82, 2.24) is 10.6 Å².